The Labute approximate surface area is 185 Å². The molecular formula is C18H45Cl2P3Ru. The van der Waals surface area contributed by atoms with Crippen molar-refractivity contribution in [2.24, 2.45) is 0 Å². The van der Waals surface area contributed by atoms with Gasteiger partial charge in [0.1, 0.15) is 0 Å². The van der Waals surface area contributed by atoms with Crippen LogP contribution in [0.4, 0.5) is 0 Å². The standard InChI is InChI=1S/3C6H15P.2ClH.Ru/c3*1-4-7(5-2)6-3;;;/h3*4-6H2,1-3H3;2*1H;/q;;;;;+2/p-2. The van der Waals surface area contributed by atoms with Gasteiger partial charge in [-0.15, -0.1) is 23.8 Å². The number of hydrogen-bond donors (Lipinski definition) is 0. The van der Waals surface area contributed by atoms with Gasteiger partial charge in [0.05, 0.1) is 0 Å². The summed E-state index contributed by atoms with van der Waals surface area (Å²) in [5.41, 5.74) is 0. The molecule has 0 unspecified atom stereocenters. The van der Waals surface area contributed by atoms with Crippen molar-refractivity contribution in [1.29, 1.82) is 0 Å². The minimum atomic E-state index is 0. The Morgan fingerprint density at radius 3 is 0.417 bits per heavy atom. The van der Waals surface area contributed by atoms with Crippen LogP contribution in [0.2, 0.25) is 0 Å². The van der Waals surface area contributed by atoms with Gasteiger partial charge in [0.15, 0.2) is 0 Å². The van der Waals surface area contributed by atoms with Crippen molar-refractivity contribution >= 4 is 23.8 Å². The molecule has 24 heavy (non-hydrogen) atoms. The van der Waals surface area contributed by atoms with E-state index in [1.807, 2.05) is 0 Å². The second-order valence-corrected chi connectivity index (χ2v) is 14.6. The second kappa shape index (κ2) is 36.4. The van der Waals surface area contributed by atoms with E-state index >= 15 is 0 Å². The van der Waals surface area contributed by atoms with Gasteiger partial charge >= 0.3 is 19.5 Å². The molecule has 0 aromatic carbocycles. The molecule has 0 N–H and O–H groups in total. The maximum atomic E-state index is 2.29. The van der Waals surface area contributed by atoms with Gasteiger partial charge in [0.25, 0.3) is 0 Å². The Balaban J connectivity index is -0.0000000476. The van der Waals surface area contributed by atoms with Crippen molar-refractivity contribution in [2.45, 2.75) is 62.3 Å². The average molecular weight is 526 g/mol. The number of halogens is 2. The fourth-order valence-corrected chi connectivity index (χ4v) is 6.04. The zero-order valence-electron chi connectivity index (χ0n) is 17.8. The zero-order chi connectivity index (χ0) is 17.1. The monoisotopic (exact) mass is 526 g/mol. The molecule has 0 aromatic rings. The van der Waals surface area contributed by atoms with Crippen LogP contribution in [0.1, 0.15) is 62.3 Å². The molecule has 0 amide bonds. The summed E-state index contributed by atoms with van der Waals surface area (Å²) in [6.45, 7) is 20.6. The van der Waals surface area contributed by atoms with Gasteiger partial charge in [-0.25, -0.2) is 0 Å². The van der Waals surface area contributed by atoms with Gasteiger partial charge in [-0.3, -0.25) is 0 Å². The quantitative estimate of drug-likeness (QED) is 0.317. The summed E-state index contributed by atoms with van der Waals surface area (Å²) in [5, 5.41) is 0. The third-order valence-corrected chi connectivity index (χ3v) is 12.1. The predicted octanol–water partition coefficient (Wildman–Crippen LogP) is 1.59. The van der Waals surface area contributed by atoms with Gasteiger partial charge in [-0.2, -0.15) is 0 Å². The van der Waals surface area contributed by atoms with Crippen LogP contribution in [0.15, 0.2) is 0 Å². The summed E-state index contributed by atoms with van der Waals surface area (Å²) < 4.78 is 0. The van der Waals surface area contributed by atoms with Gasteiger partial charge in [0.2, 0.25) is 0 Å². The molecule has 0 spiro atoms. The van der Waals surface area contributed by atoms with Crippen LogP contribution in [-0.2, 0) is 19.5 Å². The number of rotatable bonds is 9. The molecule has 0 saturated carbocycles. The van der Waals surface area contributed by atoms with Crippen molar-refractivity contribution in [3.05, 3.63) is 0 Å². The van der Waals surface area contributed by atoms with Crippen LogP contribution >= 0.6 is 23.8 Å². The van der Waals surface area contributed by atoms with E-state index in [-0.39, 0.29) is 44.3 Å². The Morgan fingerprint density at radius 2 is 0.417 bits per heavy atom. The molecule has 0 fully saturated rings. The Morgan fingerprint density at radius 1 is 0.333 bits per heavy atom. The molecule has 0 radical (unpaired) electrons. The SMILES string of the molecule is CCP(CC)CC.CCP(CC)CC.CCP(CC)CC.[Cl-].[Cl-].[Ru+2]. The molecule has 0 bridgehead atoms. The average Bonchev–Trinajstić information content (AvgIpc) is 2.54. The molecule has 0 nitrogen and oxygen atoms in total. The van der Waals surface area contributed by atoms with Crippen molar-refractivity contribution in [3.63, 3.8) is 0 Å². The number of hydrogen-bond acceptors (Lipinski definition) is 0. The Kier molecular flexibility index (Phi) is 62.2. The van der Waals surface area contributed by atoms with E-state index < -0.39 is 0 Å². The third kappa shape index (κ3) is 32.2. The van der Waals surface area contributed by atoms with Crippen LogP contribution in [0, 0.1) is 0 Å². The molecule has 0 heterocycles. The van der Waals surface area contributed by atoms with Gasteiger partial charge in [-0.1, -0.05) is 62.3 Å². The molecule has 0 aliphatic heterocycles. The molecule has 0 rings (SSSR count). The van der Waals surface area contributed by atoms with E-state index in [9.17, 15) is 0 Å². The van der Waals surface area contributed by atoms with Gasteiger partial charge in [0, 0.05) is 0 Å². The molecule has 6 heteroatoms. The van der Waals surface area contributed by atoms with Gasteiger partial charge in [-0.05, 0) is 55.5 Å². The van der Waals surface area contributed by atoms with Crippen molar-refractivity contribution in [2.75, 3.05) is 55.5 Å². The maximum absolute atomic E-state index is 2.29. The first kappa shape index (κ1) is 41.0. The third-order valence-electron chi connectivity index (χ3n) is 4.02. The van der Waals surface area contributed by atoms with E-state index in [2.05, 4.69) is 62.3 Å². The summed E-state index contributed by atoms with van der Waals surface area (Å²) in [4.78, 5) is 0. The molecule has 154 valence electrons. The second-order valence-electron chi connectivity index (χ2n) is 4.86. The van der Waals surface area contributed by atoms with E-state index in [4.69, 9.17) is 0 Å². The summed E-state index contributed by atoms with van der Waals surface area (Å²) in [6.07, 6.45) is 12.8. The van der Waals surface area contributed by atoms with Crippen molar-refractivity contribution in [3.8, 4) is 0 Å². The molecule has 0 atom stereocenters. The summed E-state index contributed by atoms with van der Waals surface area (Å²) in [7, 11) is 1.34. The molecule has 0 aliphatic rings. The van der Waals surface area contributed by atoms with E-state index in [1.165, 1.54) is 55.5 Å². The Bertz CT molecular complexity index is 121. The van der Waals surface area contributed by atoms with Crippen LogP contribution < -0.4 is 24.8 Å². The maximum Gasteiger partial charge on any atom is 2.00 e. The van der Waals surface area contributed by atoms with Crippen molar-refractivity contribution < 1.29 is 44.3 Å². The van der Waals surface area contributed by atoms with Gasteiger partial charge < -0.3 is 24.8 Å². The summed E-state index contributed by atoms with van der Waals surface area (Å²) >= 11 is 0. The smallest absolute Gasteiger partial charge is 1.00 e. The first-order valence-corrected chi connectivity index (χ1v) is 14.9. The van der Waals surface area contributed by atoms with Crippen LogP contribution in [0.25, 0.3) is 0 Å². The minimum absolute atomic E-state index is 0. The topological polar surface area (TPSA) is 0 Å². The summed E-state index contributed by atoms with van der Waals surface area (Å²) in [6, 6.07) is 0. The van der Waals surface area contributed by atoms with Crippen LogP contribution in [0.5, 0.6) is 0 Å². The summed E-state index contributed by atoms with van der Waals surface area (Å²) in [5.74, 6) is 0. The van der Waals surface area contributed by atoms with Crippen molar-refractivity contribution in [1.82, 2.24) is 0 Å². The molecule has 0 saturated heterocycles. The molecule has 0 aromatic heterocycles. The van der Waals surface area contributed by atoms with E-state index in [0.717, 1.165) is 0 Å². The Hall–Kier alpha value is 2.49. The fraction of sp³-hybridized carbons (Fsp3) is 1.00. The molecule has 0 aliphatic carbocycles. The van der Waals surface area contributed by atoms with Crippen LogP contribution in [-0.4, -0.2) is 55.5 Å². The van der Waals surface area contributed by atoms with E-state index in [1.54, 1.807) is 0 Å². The molecular weight excluding hydrogens is 481 g/mol. The van der Waals surface area contributed by atoms with E-state index in [0.29, 0.717) is 23.8 Å². The predicted molar refractivity (Wildman–Crippen MR) is 116 cm³/mol. The normalized spacial score (nSPS) is 9.00. The minimum Gasteiger partial charge on any atom is -1.00 e. The first-order valence-electron chi connectivity index (χ1n) is 9.21. The van der Waals surface area contributed by atoms with Crippen LogP contribution in [0.3, 0.4) is 0 Å². The first-order chi connectivity index (χ1) is 10.0. The fourth-order valence-electron chi connectivity index (χ4n) is 2.01. The largest absolute Gasteiger partial charge is 2.00 e. The zero-order valence-corrected chi connectivity index (χ0v) is 23.7.